The number of benzene rings is 2. The van der Waals surface area contributed by atoms with Crippen molar-refractivity contribution in [3.05, 3.63) is 59.7 Å². The molecular formula is C32H46O11S2. The maximum Gasteiger partial charge on any atom is 0.164 e. The fraction of sp³-hybridized carbons (Fsp3) is 0.625. The van der Waals surface area contributed by atoms with Crippen LogP contribution >= 0.6 is 23.5 Å². The Morgan fingerprint density at radius 2 is 0.889 bits per heavy atom. The minimum absolute atomic E-state index is 0. The Labute approximate surface area is 272 Å². The lowest BCUT2D eigenvalue weighted by atomic mass is 10.0. The molecule has 10 atom stereocenters. The van der Waals surface area contributed by atoms with Gasteiger partial charge in [-0.15, -0.1) is 0 Å². The van der Waals surface area contributed by atoms with Gasteiger partial charge in [0.1, 0.15) is 59.7 Å². The SMILES string of the molecule is Cc1ccc(S[C@@H]2O[C@H](CO)[C@@H]3OC(C)(C)O[C@@H]3[C@H]2O)cc1.Cc1ccc(S[C@@H]2O[C@H](CO)[C@@H]3OC(C)(C)O[C@@H]3[C@H]2O)cc1.O. The van der Waals surface area contributed by atoms with Gasteiger partial charge in [-0.05, 0) is 65.8 Å². The summed E-state index contributed by atoms with van der Waals surface area (Å²) in [4.78, 5) is 2.01. The fourth-order valence-electron chi connectivity index (χ4n) is 5.70. The summed E-state index contributed by atoms with van der Waals surface area (Å²) in [5.41, 5.74) is 1.35. The smallest absolute Gasteiger partial charge is 0.164 e. The summed E-state index contributed by atoms with van der Waals surface area (Å²) in [6, 6.07) is 16.0. The van der Waals surface area contributed by atoms with E-state index in [9.17, 15) is 20.4 Å². The molecule has 0 spiro atoms. The zero-order valence-electron chi connectivity index (χ0n) is 26.4. The second-order valence-corrected chi connectivity index (χ2v) is 14.8. The highest BCUT2D eigenvalue weighted by Crippen LogP contribution is 2.43. The highest BCUT2D eigenvalue weighted by molar-refractivity contribution is 8.00. The van der Waals surface area contributed by atoms with Crippen LogP contribution in [0.5, 0.6) is 0 Å². The highest BCUT2D eigenvalue weighted by Gasteiger charge is 2.56. The molecule has 0 aliphatic carbocycles. The number of aliphatic hydroxyl groups excluding tert-OH is 4. The molecule has 4 fully saturated rings. The molecular weight excluding hydrogens is 624 g/mol. The number of aliphatic hydroxyl groups is 4. The van der Waals surface area contributed by atoms with Gasteiger partial charge in [0.2, 0.25) is 0 Å². The second kappa shape index (κ2) is 14.9. The van der Waals surface area contributed by atoms with Crippen LogP contribution in [0.15, 0.2) is 58.3 Å². The van der Waals surface area contributed by atoms with Gasteiger partial charge in [0.05, 0.1) is 13.2 Å². The summed E-state index contributed by atoms with van der Waals surface area (Å²) in [7, 11) is 0. The van der Waals surface area contributed by atoms with E-state index in [1.807, 2.05) is 62.4 Å². The van der Waals surface area contributed by atoms with Crippen molar-refractivity contribution in [2.45, 2.75) is 123 Å². The van der Waals surface area contributed by atoms with Gasteiger partial charge in [-0.3, -0.25) is 0 Å². The topological polar surface area (TPSA) is 168 Å². The van der Waals surface area contributed by atoms with Crippen LogP contribution in [-0.2, 0) is 28.4 Å². The minimum Gasteiger partial charge on any atom is -0.412 e. The van der Waals surface area contributed by atoms with E-state index in [0.29, 0.717) is 0 Å². The Morgan fingerprint density at radius 1 is 0.578 bits per heavy atom. The molecule has 4 aliphatic heterocycles. The number of thioether (sulfide) groups is 2. The maximum atomic E-state index is 10.6. The molecule has 6 N–H and O–H groups in total. The van der Waals surface area contributed by atoms with Crippen LogP contribution in [0, 0.1) is 13.8 Å². The largest absolute Gasteiger partial charge is 0.412 e. The van der Waals surface area contributed by atoms with Crippen LogP contribution in [0.3, 0.4) is 0 Å². The molecule has 4 saturated heterocycles. The molecule has 4 heterocycles. The van der Waals surface area contributed by atoms with Crippen LogP contribution in [0.4, 0.5) is 0 Å². The quantitative estimate of drug-likeness (QED) is 0.355. The van der Waals surface area contributed by atoms with Gasteiger partial charge in [0.15, 0.2) is 11.6 Å². The van der Waals surface area contributed by atoms with Crippen molar-refractivity contribution in [1.82, 2.24) is 0 Å². The average molecular weight is 671 g/mol. The van der Waals surface area contributed by atoms with Crippen LogP contribution in [0.2, 0.25) is 0 Å². The van der Waals surface area contributed by atoms with Crippen molar-refractivity contribution in [3.63, 3.8) is 0 Å². The van der Waals surface area contributed by atoms with Crippen LogP contribution in [0.25, 0.3) is 0 Å². The normalized spacial score (nSPS) is 36.2. The van der Waals surface area contributed by atoms with E-state index in [-0.39, 0.29) is 18.7 Å². The first-order valence-electron chi connectivity index (χ1n) is 14.9. The Kier molecular flexibility index (Phi) is 12.1. The van der Waals surface area contributed by atoms with E-state index in [4.69, 9.17) is 28.4 Å². The third kappa shape index (κ3) is 8.60. The van der Waals surface area contributed by atoms with Gasteiger partial charge in [-0.2, -0.15) is 0 Å². The van der Waals surface area contributed by atoms with Gasteiger partial charge >= 0.3 is 0 Å². The predicted molar refractivity (Wildman–Crippen MR) is 169 cm³/mol. The highest BCUT2D eigenvalue weighted by atomic mass is 32.2. The standard InChI is InChI=1S/2C16H22O5S.H2O/c2*1-9-4-6-10(7-5-9)22-15-12(18)14-13(11(8-17)19-15)20-16(2,3)21-14;/h2*4-7,11-15,17-18H,8H2,1-3H3;1H2/t2*11-,12-,13+,14-,15+;/m11./s1. The Bertz CT molecular complexity index is 1130. The number of rotatable bonds is 6. The molecule has 2 aromatic rings. The summed E-state index contributed by atoms with van der Waals surface area (Å²) in [6.07, 6.45) is -4.54. The third-order valence-corrected chi connectivity index (χ3v) is 10.1. The molecule has 0 amide bonds. The molecule has 0 aromatic heterocycles. The molecule has 0 unspecified atom stereocenters. The van der Waals surface area contributed by atoms with E-state index in [2.05, 4.69) is 0 Å². The Balaban J connectivity index is 0.000000200. The van der Waals surface area contributed by atoms with Crippen molar-refractivity contribution in [2.24, 2.45) is 0 Å². The molecule has 252 valence electrons. The Morgan fingerprint density at radius 3 is 1.20 bits per heavy atom. The number of fused-ring (bicyclic) bond motifs is 2. The summed E-state index contributed by atoms with van der Waals surface area (Å²) >= 11 is 2.86. The Hall–Kier alpha value is -1.30. The van der Waals surface area contributed by atoms with E-state index in [1.165, 1.54) is 34.7 Å². The van der Waals surface area contributed by atoms with Crippen molar-refractivity contribution < 1.29 is 54.3 Å². The molecule has 2 aromatic carbocycles. The number of hydrogen-bond acceptors (Lipinski definition) is 12. The number of aryl methyl sites for hydroxylation is 2. The van der Waals surface area contributed by atoms with Gasteiger partial charge < -0.3 is 54.3 Å². The van der Waals surface area contributed by atoms with Crippen molar-refractivity contribution in [1.29, 1.82) is 0 Å². The van der Waals surface area contributed by atoms with Crippen molar-refractivity contribution >= 4 is 23.5 Å². The molecule has 11 nitrogen and oxygen atoms in total. The summed E-state index contributed by atoms with van der Waals surface area (Å²) in [6.45, 7) is 10.9. The first-order chi connectivity index (χ1) is 20.8. The second-order valence-electron chi connectivity index (χ2n) is 12.4. The van der Waals surface area contributed by atoms with E-state index in [1.54, 1.807) is 27.7 Å². The van der Waals surface area contributed by atoms with Crippen LogP contribution in [-0.4, -0.2) is 110 Å². The summed E-state index contributed by atoms with van der Waals surface area (Å²) in [5, 5.41) is 40.3. The van der Waals surface area contributed by atoms with Gasteiger partial charge in [-0.1, -0.05) is 58.9 Å². The lowest BCUT2D eigenvalue weighted by Gasteiger charge is -2.39. The molecule has 0 radical (unpaired) electrons. The zero-order chi connectivity index (χ0) is 31.8. The van der Waals surface area contributed by atoms with Crippen LogP contribution in [0.1, 0.15) is 38.8 Å². The van der Waals surface area contributed by atoms with Gasteiger partial charge in [0.25, 0.3) is 0 Å². The van der Waals surface area contributed by atoms with E-state index < -0.39 is 71.3 Å². The molecule has 6 rings (SSSR count). The first-order valence-corrected chi connectivity index (χ1v) is 16.6. The average Bonchev–Trinajstić information content (AvgIpc) is 3.49. The molecule has 13 heteroatoms. The number of ether oxygens (including phenoxy) is 6. The molecule has 0 saturated carbocycles. The number of hydrogen-bond donors (Lipinski definition) is 4. The van der Waals surface area contributed by atoms with Crippen molar-refractivity contribution in [2.75, 3.05) is 13.2 Å². The minimum atomic E-state index is -0.819. The lowest BCUT2D eigenvalue weighted by molar-refractivity contribution is -0.168. The van der Waals surface area contributed by atoms with E-state index in [0.717, 1.165) is 9.79 Å². The first kappa shape index (κ1) is 36.5. The molecule has 0 bridgehead atoms. The fourth-order valence-corrected chi connectivity index (χ4v) is 7.81. The van der Waals surface area contributed by atoms with Gasteiger partial charge in [0, 0.05) is 9.79 Å². The molecule has 4 aliphatic rings. The van der Waals surface area contributed by atoms with Gasteiger partial charge in [-0.25, -0.2) is 0 Å². The maximum absolute atomic E-state index is 10.6. The lowest BCUT2D eigenvalue weighted by Crippen LogP contribution is -2.56. The zero-order valence-corrected chi connectivity index (χ0v) is 28.0. The predicted octanol–water partition coefficient (Wildman–Crippen LogP) is 2.55. The molecule has 45 heavy (non-hydrogen) atoms. The monoisotopic (exact) mass is 670 g/mol. The third-order valence-electron chi connectivity index (χ3n) is 7.82. The summed E-state index contributed by atoms with van der Waals surface area (Å²) in [5.74, 6) is -1.56. The van der Waals surface area contributed by atoms with Crippen molar-refractivity contribution in [3.8, 4) is 0 Å². The summed E-state index contributed by atoms with van der Waals surface area (Å²) < 4.78 is 34.8. The van der Waals surface area contributed by atoms with E-state index >= 15 is 0 Å². The van der Waals surface area contributed by atoms with Crippen LogP contribution < -0.4 is 0 Å².